The van der Waals surface area contributed by atoms with Gasteiger partial charge in [-0.2, -0.15) is 0 Å². The van der Waals surface area contributed by atoms with Crippen LogP contribution in [0.3, 0.4) is 0 Å². The third-order valence-electron chi connectivity index (χ3n) is 2.20. The number of nitroso groups, excluding NO2 is 1. The van der Waals surface area contributed by atoms with Crippen molar-refractivity contribution in [1.29, 1.82) is 0 Å². The molecule has 0 aromatic carbocycles. The molecule has 2 atom stereocenters. The van der Waals surface area contributed by atoms with Gasteiger partial charge in [-0.15, -0.1) is 4.91 Å². The predicted octanol–water partition coefficient (Wildman–Crippen LogP) is -0.359. The Balaban J connectivity index is 4.33. The van der Waals surface area contributed by atoms with Crippen molar-refractivity contribution in [2.24, 2.45) is 10.3 Å². The fourth-order valence-corrected chi connectivity index (χ4v) is 1.62. The molecule has 9 nitrogen and oxygen atoms in total. The lowest BCUT2D eigenvalue weighted by atomic mass is 10.1. The van der Waals surface area contributed by atoms with E-state index in [4.69, 9.17) is 15.6 Å². The van der Waals surface area contributed by atoms with Crippen molar-refractivity contribution in [3.05, 3.63) is 4.91 Å². The molecule has 0 saturated carbocycles. The maximum absolute atomic E-state index is 11.6. The number of carbonyl (C=O) groups is 3. The van der Waals surface area contributed by atoms with Crippen LogP contribution < -0.4 is 11.1 Å². The van der Waals surface area contributed by atoms with E-state index in [2.05, 4.69) is 9.90 Å². The fraction of sp³-hybridized carbons (Fsp3) is 0.700. The lowest BCUT2D eigenvalue weighted by Gasteiger charge is -2.15. The summed E-state index contributed by atoms with van der Waals surface area (Å²) in [6.07, 6.45) is -0.210. The topological polar surface area (TPSA) is 148 Å². The van der Waals surface area contributed by atoms with Crippen molar-refractivity contribution in [1.82, 2.24) is 5.32 Å². The molecule has 4 N–H and O–H groups in total. The summed E-state index contributed by atoms with van der Waals surface area (Å²) < 4.78 is 7.27. The van der Waals surface area contributed by atoms with Crippen LogP contribution in [0.25, 0.3) is 0 Å². The smallest absolute Gasteiger partial charge is 0.329 e. The Morgan fingerprint density at radius 2 is 2.10 bits per heavy atom. The van der Waals surface area contributed by atoms with E-state index in [0.717, 1.165) is 0 Å². The zero-order chi connectivity index (χ0) is 15.5. The SMILES string of the molecule is CCOC(=O)C(CSN=O)NC(=O)CCC(N)C(=O)O. The van der Waals surface area contributed by atoms with Crippen molar-refractivity contribution < 1.29 is 24.2 Å². The first-order chi connectivity index (χ1) is 9.42. The monoisotopic (exact) mass is 307 g/mol. The van der Waals surface area contributed by atoms with E-state index < -0.39 is 29.9 Å². The number of carboxylic acid groups (broad SMARTS) is 1. The standard InChI is InChI=1S/C10H17N3O6S/c1-2-19-10(17)7(5-20-13-18)12-8(14)4-3-6(11)9(15)16/h6-7H,2-5,11H2,1H3,(H,12,14)(H,15,16). The molecule has 0 fully saturated rings. The molecule has 0 aliphatic heterocycles. The molecule has 0 bridgehead atoms. The molecular formula is C10H17N3O6S. The van der Waals surface area contributed by atoms with Gasteiger partial charge in [0.1, 0.15) is 12.1 Å². The molecule has 0 spiro atoms. The van der Waals surface area contributed by atoms with Crippen LogP contribution in [0.1, 0.15) is 19.8 Å². The Bertz CT molecular complexity index is 365. The van der Waals surface area contributed by atoms with Gasteiger partial charge in [-0.3, -0.25) is 9.59 Å². The highest BCUT2D eigenvalue weighted by Gasteiger charge is 2.23. The van der Waals surface area contributed by atoms with Gasteiger partial charge in [-0.25, -0.2) is 4.79 Å². The van der Waals surface area contributed by atoms with Crippen LogP contribution in [0.5, 0.6) is 0 Å². The van der Waals surface area contributed by atoms with E-state index in [0.29, 0.717) is 11.9 Å². The number of esters is 1. The number of aliphatic carboxylic acids is 1. The zero-order valence-corrected chi connectivity index (χ0v) is 11.7. The van der Waals surface area contributed by atoms with Crippen LogP contribution in [0.2, 0.25) is 0 Å². The summed E-state index contributed by atoms with van der Waals surface area (Å²) in [4.78, 5) is 43.6. The van der Waals surface area contributed by atoms with Crippen LogP contribution >= 0.6 is 11.9 Å². The summed E-state index contributed by atoms with van der Waals surface area (Å²) in [5.41, 5.74) is 5.25. The van der Waals surface area contributed by atoms with Gasteiger partial charge >= 0.3 is 11.9 Å². The third-order valence-corrected chi connectivity index (χ3v) is 2.79. The highest BCUT2D eigenvalue weighted by molar-refractivity contribution is 7.97. The van der Waals surface area contributed by atoms with E-state index >= 15 is 0 Å². The van der Waals surface area contributed by atoms with E-state index in [9.17, 15) is 19.3 Å². The van der Waals surface area contributed by atoms with E-state index in [1.165, 1.54) is 0 Å². The summed E-state index contributed by atoms with van der Waals surface area (Å²) in [5, 5.41) is 10.9. The fourth-order valence-electron chi connectivity index (χ4n) is 1.19. The van der Waals surface area contributed by atoms with Gasteiger partial charge < -0.3 is 20.9 Å². The minimum absolute atomic E-state index is 0.0565. The maximum atomic E-state index is 11.6. The number of carboxylic acids is 1. The van der Waals surface area contributed by atoms with E-state index in [1.54, 1.807) is 6.92 Å². The van der Waals surface area contributed by atoms with Gasteiger partial charge in [-0.05, 0) is 13.3 Å². The summed E-state index contributed by atoms with van der Waals surface area (Å²) in [6.45, 7) is 1.74. The first-order valence-corrected chi connectivity index (χ1v) is 6.75. The predicted molar refractivity (Wildman–Crippen MR) is 71.7 cm³/mol. The Hall–Kier alpha value is -1.68. The maximum Gasteiger partial charge on any atom is 0.329 e. The summed E-state index contributed by atoms with van der Waals surface area (Å²) in [6, 6.07) is -2.15. The highest BCUT2D eigenvalue weighted by atomic mass is 32.2. The molecule has 20 heavy (non-hydrogen) atoms. The summed E-state index contributed by atoms with van der Waals surface area (Å²) in [5.74, 6) is -2.50. The van der Waals surface area contributed by atoms with Crippen LogP contribution in [0, 0.1) is 4.91 Å². The molecular weight excluding hydrogens is 290 g/mol. The largest absolute Gasteiger partial charge is 0.480 e. The minimum atomic E-state index is -1.21. The first-order valence-electron chi connectivity index (χ1n) is 5.81. The second-order valence-corrected chi connectivity index (χ2v) is 4.47. The first kappa shape index (κ1) is 18.3. The Labute approximate surface area is 119 Å². The van der Waals surface area contributed by atoms with Gasteiger partial charge in [0.25, 0.3) is 0 Å². The second-order valence-electron chi connectivity index (χ2n) is 3.73. The molecule has 1 amide bonds. The molecule has 10 heteroatoms. The molecule has 2 unspecified atom stereocenters. The number of rotatable bonds is 10. The van der Waals surface area contributed by atoms with E-state index in [1.807, 2.05) is 0 Å². The molecule has 0 aromatic rings. The average Bonchev–Trinajstić information content (AvgIpc) is 2.40. The zero-order valence-electron chi connectivity index (χ0n) is 10.9. The number of amides is 1. The van der Waals surface area contributed by atoms with Gasteiger partial charge in [-0.1, -0.05) is 0 Å². The summed E-state index contributed by atoms with van der Waals surface area (Å²) in [7, 11) is 0. The third kappa shape index (κ3) is 7.69. The summed E-state index contributed by atoms with van der Waals surface area (Å²) >= 11 is 0.577. The van der Waals surface area contributed by atoms with Crippen molar-refractivity contribution in [3.63, 3.8) is 0 Å². The number of carbonyl (C=O) groups excluding carboxylic acids is 2. The van der Waals surface area contributed by atoms with Crippen molar-refractivity contribution in [2.45, 2.75) is 31.8 Å². The molecule has 0 aliphatic carbocycles. The number of ether oxygens (including phenoxy) is 1. The Morgan fingerprint density at radius 1 is 1.45 bits per heavy atom. The van der Waals surface area contributed by atoms with Gasteiger partial charge in [0.2, 0.25) is 5.91 Å². The van der Waals surface area contributed by atoms with Crippen LogP contribution in [-0.2, 0) is 19.1 Å². The number of nitrogens with two attached hydrogens (primary N) is 1. The van der Waals surface area contributed by atoms with Crippen molar-refractivity contribution >= 4 is 29.8 Å². The highest BCUT2D eigenvalue weighted by Crippen LogP contribution is 2.06. The molecule has 114 valence electrons. The number of hydrogen-bond acceptors (Lipinski definition) is 8. The molecule has 0 aliphatic rings. The Kier molecular flexibility index (Phi) is 9.30. The van der Waals surface area contributed by atoms with Crippen molar-refractivity contribution in [2.75, 3.05) is 12.4 Å². The molecule has 0 saturated heterocycles. The van der Waals surface area contributed by atoms with Crippen LogP contribution in [0.15, 0.2) is 4.58 Å². The minimum Gasteiger partial charge on any atom is -0.480 e. The lowest BCUT2D eigenvalue weighted by molar-refractivity contribution is -0.147. The van der Waals surface area contributed by atoms with Crippen molar-refractivity contribution in [3.8, 4) is 0 Å². The lowest BCUT2D eigenvalue weighted by Crippen LogP contribution is -2.44. The van der Waals surface area contributed by atoms with Gasteiger partial charge in [0, 0.05) is 28.7 Å². The molecule has 0 rings (SSSR count). The normalized spacial score (nSPS) is 13.1. The molecule has 0 heterocycles. The Morgan fingerprint density at radius 3 is 2.60 bits per heavy atom. The van der Waals surface area contributed by atoms with Gasteiger partial charge in [0.15, 0.2) is 0 Å². The number of nitrogens with one attached hydrogen (secondary N) is 1. The molecule has 0 aromatic heterocycles. The second kappa shape index (κ2) is 10.1. The number of hydrogen-bond donors (Lipinski definition) is 3. The van der Waals surface area contributed by atoms with Gasteiger partial charge in [0.05, 0.1) is 6.61 Å². The molecule has 0 radical (unpaired) electrons. The number of nitrogens with zero attached hydrogens (tertiary/aromatic N) is 1. The van der Waals surface area contributed by atoms with Crippen LogP contribution in [-0.4, -0.2) is 47.4 Å². The average molecular weight is 307 g/mol. The quantitative estimate of drug-likeness (QED) is 0.281. The van der Waals surface area contributed by atoms with E-state index in [-0.39, 0.29) is 25.2 Å². The van der Waals surface area contributed by atoms with Crippen LogP contribution in [0.4, 0.5) is 0 Å².